The van der Waals surface area contributed by atoms with E-state index in [0.717, 1.165) is 16.8 Å². The van der Waals surface area contributed by atoms with Crippen molar-refractivity contribution in [2.75, 3.05) is 5.73 Å². The van der Waals surface area contributed by atoms with Crippen molar-refractivity contribution in [3.05, 3.63) is 46.5 Å². The first-order chi connectivity index (χ1) is 8.60. The van der Waals surface area contributed by atoms with Gasteiger partial charge in [-0.25, -0.2) is 4.98 Å². The molecular weight excluding hydrogens is 294 g/mol. The minimum Gasteiger partial charge on any atom is -0.399 e. The molecule has 2 aromatic rings. The van der Waals surface area contributed by atoms with Crippen LogP contribution in [0.5, 0.6) is 0 Å². The molecule has 0 aliphatic carbocycles. The van der Waals surface area contributed by atoms with Crippen LogP contribution in [0.3, 0.4) is 0 Å². The summed E-state index contributed by atoms with van der Waals surface area (Å²) in [7, 11) is 0. The normalized spacial score (nSPS) is 10.6. The average Bonchev–Trinajstić information content (AvgIpc) is 2.75. The van der Waals surface area contributed by atoms with E-state index in [1.807, 2.05) is 17.7 Å². The highest BCUT2D eigenvalue weighted by atomic mass is 79.9. The Morgan fingerprint density at radius 1 is 1.44 bits per heavy atom. The Kier molecular flexibility index (Phi) is 3.81. The third-order valence-electron chi connectivity index (χ3n) is 2.70. The van der Waals surface area contributed by atoms with E-state index in [1.165, 1.54) is 0 Å². The van der Waals surface area contributed by atoms with Gasteiger partial charge in [-0.15, -0.1) is 0 Å². The van der Waals surface area contributed by atoms with E-state index in [2.05, 4.69) is 20.9 Å². The third kappa shape index (κ3) is 2.79. The molecule has 4 nitrogen and oxygen atoms in total. The molecule has 0 amide bonds. The number of benzene rings is 1. The minimum atomic E-state index is 0.0175. The molecule has 1 aromatic carbocycles. The van der Waals surface area contributed by atoms with Crippen LogP contribution in [-0.4, -0.2) is 15.3 Å². The van der Waals surface area contributed by atoms with Crippen LogP contribution in [-0.2, 0) is 13.0 Å². The Morgan fingerprint density at radius 3 is 2.89 bits per heavy atom. The second-order valence-electron chi connectivity index (χ2n) is 4.00. The SMILES string of the molecule is CCn1ccnc1CC(=O)c1cc(N)cc(Br)c1. The number of hydrogen-bond donors (Lipinski definition) is 1. The van der Waals surface area contributed by atoms with Crippen molar-refractivity contribution < 1.29 is 4.79 Å². The van der Waals surface area contributed by atoms with Crippen LogP contribution in [0.4, 0.5) is 5.69 Å². The smallest absolute Gasteiger partial charge is 0.170 e. The van der Waals surface area contributed by atoms with Gasteiger partial charge in [0.05, 0.1) is 6.42 Å². The fourth-order valence-corrected chi connectivity index (χ4v) is 2.33. The Bertz CT molecular complexity index is 557. The Balaban J connectivity index is 2.22. The molecule has 5 heteroatoms. The summed E-state index contributed by atoms with van der Waals surface area (Å²) in [6.45, 7) is 2.83. The second-order valence-corrected chi connectivity index (χ2v) is 4.92. The fourth-order valence-electron chi connectivity index (χ4n) is 1.81. The van der Waals surface area contributed by atoms with Crippen LogP contribution in [0.15, 0.2) is 35.1 Å². The summed E-state index contributed by atoms with van der Waals surface area (Å²) in [5.74, 6) is 0.796. The molecule has 2 rings (SSSR count). The molecular formula is C13H14BrN3O. The number of rotatable bonds is 4. The standard InChI is InChI=1S/C13H14BrN3O/c1-2-17-4-3-16-13(17)8-12(18)9-5-10(14)7-11(15)6-9/h3-7H,2,8,15H2,1H3. The molecule has 1 aromatic heterocycles. The lowest BCUT2D eigenvalue weighted by Gasteiger charge is -2.05. The fraction of sp³-hybridized carbons (Fsp3) is 0.231. The van der Waals surface area contributed by atoms with Crippen LogP contribution >= 0.6 is 15.9 Å². The Hall–Kier alpha value is -1.62. The first kappa shape index (κ1) is 12.8. The highest BCUT2D eigenvalue weighted by Gasteiger charge is 2.11. The molecule has 0 bridgehead atoms. The quantitative estimate of drug-likeness (QED) is 0.698. The van der Waals surface area contributed by atoms with Crippen molar-refractivity contribution in [2.24, 2.45) is 0 Å². The van der Waals surface area contributed by atoms with Gasteiger partial charge in [-0.3, -0.25) is 4.79 Å². The zero-order chi connectivity index (χ0) is 13.1. The zero-order valence-corrected chi connectivity index (χ0v) is 11.6. The van der Waals surface area contributed by atoms with Gasteiger partial charge in [0.2, 0.25) is 0 Å². The maximum Gasteiger partial charge on any atom is 0.170 e. The molecule has 0 saturated heterocycles. The van der Waals surface area contributed by atoms with Crippen LogP contribution < -0.4 is 5.73 Å². The van der Waals surface area contributed by atoms with Gasteiger partial charge < -0.3 is 10.3 Å². The summed E-state index contributed by atoms with van der Waals surface area (Å²) in [5.41, 5.74) is 6.90. The molecule has 0 spiro atoms. The van der Waals surface area contributed by atoms with Gasteiger partial charge in [0.25, 0.3) is 0 Å². The molecule has 0 aliphatic rings. The number of imidazole rings is 1. The Morgan fingerprint density at radius 2 is 2.22 bits per heavy atom. The van der Waals surface area contributed by atoms with Crippen molar-refractivity contribution in [3.8, 4) is 0 Å². The predicted molar refractivity (Wildman–Crippen MR) is 74.5 cm³/mol. The first-order valence-corrected chi connectivity index (χ1v) is 6.48. The van der Waals surface area contributed by atoms with Gasteiger partial charge in [0.1, 0.15) is 5.82 Å². The number of hydrogen-bond acceptors (Lipinski definition) is 3. The number of carbonyl (C=O) groups is 1. The van der Waals surface area contributed by atoms with Gasteiger partial charge in [-0.2, -0.15) is 0 Å². The lowest BCUT2D eigenvalue weighted by atomic mass is 10.1. The number of carbonyl (C=O) groups excluding carboxylic acids is 1. The summed E-state index contributed by atoms with van der Waals surface area (Å²) in [6.07, 6.45) is 3.87. The van der Waals surface area contributed by atoms with Crippen molar-refractivity contribution >= 4 is 27.4 Å². The van der Waals surface area contributed by atoms with Crippen LogP contribution in [0.1, 0.15) is 23.1 Å². The van der Waals surface area contributed by atoms with E-state index < -0.39 is 0 Å². The van der Waals surface area contributed by atoms with Gasteiger partial charge >= 0.3 is 0 Å². The molecule has 0 unspecified atom stereocenters. The summed E-state index contributed by atoms with van der Waals surface area (Å²) in [4.78, 5) is 16.4. The third-order valence-corrected chi connectivity index (χ3v) is 3.16. The van der Waals surface area contributed by atoms with Gasteiger partial charge in [-0.1, -0.05) is 15.9 Å². The highest BCUT2D eigenvalue weighted by molar-refractivity contribution is 9.10. The molecule has 18 heavy (non-hydrogen) atoms. The average molecular weight is 308 g/mol. The molecule has 2 N–H and O–H groups in total. The molecule has 0 radical (unpaired) electrons. The summed E-state index contributed by atoms with van der Waals surface area (Å²) in [5, 5.41) is 0. The molecule has 0 atom stereocenters. The van der Waals surface area contributed by atoms with Crippen molar-refractivity contribution in [1.29, 1.82) is 0 Å². The van der Waals surface area contributed by atoms with Gasteiger partial charge in [-0.05, 0) is 25.1 Å². The maximum absolute atomic E-state index is 12.2. The molecule has 0 saturated carbocycles. The number of nitrogens with zero attached hydrogens (tertiary/aromatic N) is 2. The summed E-state index contributed by atoms with van der Waals surface area (Å²) < 4.78 is 2.77. The summed E-state index contributed by atoms with van der Waals surface area (Å²) >= 11 is 3.33. The number of Topliss-reactive ketones (excluding diaryl/α,β-unsaturated/α-hetero) is 1. The number of aromatic nitrogens is 2. The number of nitrogen functional groups attached to an aromatic ring is 1. The predicted octanol–water partition coefficient (Wildman–Crippen LogP) is 2.67. The van der Waals surface area contributed by atoms with Gasteiger partial charge in [0, 0.05) is 34.7 Å². The first-order valence-electron chi connectivity index (χ1n) is 5.69. The van der Waals surface area contributed by atoms with Crippen LogP contribution in [0.2, 0.25) is 0 Å². The monoisotopic (exact) mass is 307 g/mol. The lowest BCUT2D eigenvalue weighted by Crippen LogP contribution is -2.10. The number of nitrogens with two attached hydrogens (primary N) is 1. The highest BCUT2D eigenvalue weighted by Crippen LogP contribution is 2.18. The minimum absolute atomic E-state index is 0.0175. The second kappa shape index (κ2) is 5.35. The molecule has 94 valence electrons. The largest absolute Gasteiger partial charge is 0.399 e. The van der Waals surface area contributed by atoms with Crippen molar-refractivity contribution in [1.82, 2.24) is 9.55 Å². The van der Waals surface area contributed by atoms with E-state index in [1.54, 1.807) is 24.4 Å². The molecule has 0 aliphatic heterocycles. The van der Waals surface area contributed by atoms with Crippen LogP contribution in [0, 0.1) is 0 Å². The van der Waals surface area contributed by atoms with Gasteiger partial charge in [0.15, 0.2) is 5.78 Å². The lowest BCUT2D eigenvalue weighted by molar-refractivity contribution is 0.0989. The van der Waals surface area contributed by atoms with E-state index in [0.29, 0.717) is 11.3 Å². The van der Waals surface area contributed by atoms with E-state index in [9.17, 15) is 4.79 Å². The Labute approximate surface area is 114 Å². The van der Waals surface area contributed by atoms with E-state index >= 15 is 0 Å². The number of halogens is 1. The van der Waals surface area contributed by atoms with E-state index in [4.69, 9.17) is 5.73 Å². The van der Waals surface area contributed by atoms with Crippen molar-refractivity contribution in [2.45, 2.75) is 19.9 Å². The topological polar surface area (TPSA) is 60.9 Å². The summed E-state index contributed by atoms with van der Waals surface area (Å²) in [6, 6.07) is 5.23. The van der Waals surface area contributed by atoms with Crippen LogP contribution in [0.25, 0.3) is 0 Å². The molecule has 0 fully saturated rings. The number of ketones is 1. The zero-order valence-electron chi connectivity index (χ0n) is 10.1. The maximum atomic E-state index is 12.2. The molecule has 1 heterocycles. The van der Waals surface area contributed by atoms with Crippen molar-refractivity contribution in [3.63, 3.8) is 0 Å². The number of aryl methyl sites for hydroxylation is 1. The van der Waals surface area contributed by atoms with E-state index in [-0.39, 0.29) is 12.2 Å². The number of anilines is 1.